The number of hydrogen-bond donors (Lipinski definition) is 3. The van der Waals surface area contributed by atoms with Crippen molar-refractivity contribution < 1.29 is 23.4 Å². The average molecular weight is 437 g/mol. The molecular weight excluding hydrogens is 414 g/mol. The Balaban J connectivity index is 1.56. The van der Waals surface area contributed by atoms with Crippen LogP contribution in [0.15, 0.2) is 36.4 Å². The summed E-state index contributed by atoms with van der Waals surface area (Å²) >= 11 is 6.01. The average Bonchev–Trinajstić information content (AvgIpc) is 2.73. The van der Waals surface area contributed by atoms with E-state index in [9.17, 15) is 18.7 Å². The topological polar surface area (TPSA) is 70.6 Å². The Kier molecular flexibility index (Phi) is 5.84. The number of rotatable bonds is 4. The lowest BCUT2D eigenvalue weighted by Crippen LogP contribution is -2.49. The van der Waals surface area contributed by atoms with Gasteiger partial charge >= 0.3 is 6.03 Å². The molecule has 2 amide bonds. The number of anilines is 1. The lowest BCUT2D eigenvalue weighted by molar-refractivity contribution is -0.0104. The summed E-state index contributed by atoms with van der Waals surface area (Å²) in [7, 11) is 0. The highest BCUT2D eigenvalue weighted by atomic mass is 35.5. The first-order chi connectivity index (χ1) is 14.4. The second kappa shape index (κ2) is 8.40. The molecule has 0 unspecified atom stereocenters. The van der Waals surface area contributed by atoms with Crippen LogP contribution in [0.1, 0.15) is 35.6 Å². The zero-order chi connectivity index (χ0) is 21.3. The number of urea groups is 1. The fourth-order valence-electron chi connectivity index (χ4n) is 4.17. The number of benzene rings is 2. The molecule has 1 aliphatic heterocycles. The summed E-state index contributed by atoms with van der Waals surface area (Å²) in [6.45, 7) is -2.06. The summed E-state index contributed by atoms with van der Waals surface area (Å²) in [5.74, 6) is 0.259. The van der Waals surface area contributed by atoms with E-state index in [1.54, 1.807) is 18.2 Å². The van der Waals surface area contributed by atoms with Gasteiger partial charge < -0.3 is 20.5 Å². The number of carbonyl (C=O) groups is 1. The molecule has 2 aliphatic rings. The van der Waals surface area contributed by atoms with Crippen molar-refractivity contribution in [3.05, 3.63) is 58.1 Å². The molecule has 30 heavy (non-hydrogen) atoms. The van der Waals surface area contributed by atoms with Crippen LogP contribution in [-0.4, -0.2) is 36.2 Å². The van der Waals surface area contributed by atoms with E-state index in [1.807, 2.05) is 12.1 Å². The fourth-order valence-corrected chi connectivity index (χ4v) is 4.34. The lowest BCUT2D eigenvalue weighted by atomic mass is 9.88. The second-order valence-corrected chi connectivity index (χ2v) is 8.37. The largest absolute Gasteiger partial charge is 0.481 e. The highest BCUT2D eigenvalue weighted by Gasteiger charge is 2.42. The summed E-state index contributed by atoms with van der Waals surface area (Å²) in [6, 6.07) is 9.30. The molecule has 160 valence electrons. The number of hydrogen-bond acceptors (Lipinski definition) is 3. The fraction of sp³-hybridized carbons (Fsp3) is 0.409. The minimum absolute atomic E-state index is 0.0480. The first kappa shape index (κ1) is 20.9. The lowest BCUT2D eigenvalue weighted by Gasteiger charge is -2.39. The van der Waals surface area contributed by atoms with Gasteiger partial charge in [-0.1, -0.05) is 29.8 Å². The molecule has 0 saturated carbocycles. The number of amides is 2. The Morgan fingerprint density at radius 3 is 2.83 bits per heavy atom. The van der Waals surface area contributed by atoms with Crippen molar-refractivity contribution in [3.8, 4) is 5.75 Å². The third-order valence-corrected chi connectivity index (χ3v) is 5.99. The monoisotopic (exact) mass is 436 g/mol. The van der Waals surface area contributed by atoms with Crippen molar-refractivity contribution in [3.63, 3.8) is 0 Å². The van der Waals surface area contributed by atoms with Gasteiger partial charge in [-0.2, -0.15) is 0 Å². The molecular formula is C22H23ClF2N2O3. The van der Waals surface area contributed by atoms with E-state index in [4.69, 9.17) is 16.3 Å². The molecule has 4 rings (SSSR count). The summed E-state index contributed by atoms with van der Waals surface area (Å²) in [5, 5.41) is 16.0. The van der Waals surface area contributed by atoms with Crippen LogP contribution in [0.25, 0.3) is 0 Å². The molecule has 8 heteroatoms. The molecule has 0 aromatic heterocycles. The van der Waals surface area contributed by atoms with Gasteiger partial charge in [0.2, 0.25) is 0 Å². The number of aliphatic hydroxyl groups excluding tert-OH is 1. The number of ether oxygens (including phenoxy) is 1. The van der Waals surface area contributed by atoms with E-state index in [2.05, 4.69) is 10.6 Å². The number of carbonyl (C=O) groups excluding carboxylic acids is 1. The maximum absolute atomic E-state index is 13.7. The zero-order valence-corrected chi connectivity index (χ0v) is 17.0. The van der Waals surface area contributed by atoms with Crippen molar-refractivity contribution in [2.45, 2.75) is 43.4 Å². The van der Waals surface area contributed by atoms with E-state index >= 15 is 0 Å². The van der Waals surface area contributed by atoms with Crippen LogP contribution in [0.2, 0.25) is 5.02 Å². The van der Waals surface area contributed by atoms with Gasteiger partial charge in [0.25, 0.3) is 0 Å². The second-order valence-electron chi connectivity index (χ2n) is 7.93. The Morgan fingerprint density at radius 1 is 1.27 bits per heavy atom. The zero-order valence-electron chi connectivity index (χ0n) is 16.3. The van der Waals surface area contributed by atoms with Crippen molar-refractivity contribution in [1.82, 2.24) is 5.32 Å². The Bertz CT molecular complexity index is 952. The molecule has 1 heterocycles. The molecule has 3 N–H and O–H groups in total. The number of fused-ring (bicyclic) bond motifs is 2. The van der Waals surface area contributed by atoms with Crippen LogP contribution in [0, 0.1) is 0 Å². The standard InChI is InChI=1S/C22H23ClF2N2O3/c23-14-5-7-16-19(10-22(11-24,12-25)30-20(16)8-14)27-21(29)26-18-3-1-2-13-4-6-15(28)9-17(13)18/h1-3,5,7-8,15,19,28H,4,6,9-12H2,(H2,26,27,29)/t15-,19-/m1/s1. The van der Waals surface area contributed by atoms with Gasteiger partial charge in [-0.05, 0) is 42.2 Å². The molecule has 0 saturated heterocycles. The predicted octanol–water partition coefficient (Wildman–Crippen LogP) is 4.51. The van der Waals surface area contributed by atoms with Crippen LogP contribution in [-0.2, 0) is 12.8 Å². The summed E-state index contributed by atoms with van der Waals surface area (Å²) in [6.07, 6.45) is 1.42. The van der Waals surface area contributed by atoms with Gasteiger partial charge in [0, 0.05) is 29.1 Å². The third-order valence-electron chi connectivity index (χ3n) is 5.75. The number of nitrogens with one attached hydrogen (secondary N) is 2. The maximum atomic E-state index is 13.7. The molecule has 2 aromatic carbocycles. The molecule has 0 bridgehead atoms. The van der Waals surface area contributed by atoms with Gasteiger partial charge in [0.15, 0.2) is 5.60 Å². The SMILES string of the molecule is O=C(Nc1cccc2c1C[C@H](O)CC2)N[C@@H]1CC(CF)(CF)Oc2cc(Cl)ccc21. The quantitative estimate of drug-likeness (QED) is 0.660. The number of halogens is 3. The highest BCUT2D eigenvalue weighted by Crippen LogP contribution is 2.41. The summed E-state index contributed by atoms with van der Waals surface area (Å²) in [4.78, 5) is 12.8. The van der Waals surface area contributed by atoms with Gasteiger partial charge in [0.1, 0.15) is 19.1 Å². The van der Waals surface area contributed by atoms with E-state index in [-0.39, 0.29) is 12.2 Å². The van der Waals surface area contributed by atoms with Gasteiger partial charge in [-0.25, -0.2) is 13.6 Å². The van der Waals surface area contributed by atoms with Crippen molar-refractivity contribution in [2.24, 2.45) is 0 Å². The van der Waals surface area contributed by atoms with E-state index in [0.29, 0.717) is 29.1 Å². The molecule has 0 fully saturated rings. The van der Waals surface area contributed by atoms with Gasteiger partial charge in [0.05, 0.1) is 12.1 Å². The molecule has 1 aliphatic carbocycles. The Morgan fingerprint density at radius 2 is 2.07 bits per heavy atom. The predicted molar refractivity (Wildman–Crippen MR) is 111 cm³/mol. The van der Waals surface area contributed by atoms with Crippen molar-refractivity contribution in [2.75, 3.05) is 18.7 Å². The molecule has 0 radical (unpaired) electrons. The van der Waals surface area contributed by atoms with Crippen LogP contribution in [0.3, 0.4) is 0 Å². The van der Waals surface area contributed by atoms with Gasteiger partial charge in [-0.15, -0.1) is 0 Å². The summed E-state index contributed by atoms with van der Waals surface area (Å²) in [5.41, 5.74) is 1.57. The van der Waals surface area contributed by atoms with Crippen molar-refractivity contribution in [1.29, 1.82) is 0 Å². The summed E-state index contributed by atoms with van der Waals surface area (Å²) < 4.78 is 32.9. The van der Waals surface area contributed by atoms with Crippen LogP contribution in [0.5, 0.6) is 5.75 Å². The first-order valence-electron chi connectivity index (χ1n) is 9.90. The minimum atomic E-state index is -1.66. The maximum Gasteiger partial charge on any atom is 0.319 e. The van der Waals surface area contributed by atoms with E-state index in [0.717, 1.165) is 17.5 Å². The smallest absolute Gasteiger partial charge is 0.319 e. The molecule has 2 atom stereocenters. The van der Waals surface area contributed by atoms with Gasteiger partial charge in [-0.3, -0.25) is 0 Å². The highest BCUT2D eigenvalue weighted by molar-refractivity contribution is 6.30. The molecule has 0 spiro atoms. The third kappa shape index (κ3) is 4.09. The van der Waals surface area contributed by atoms with E-state index < -0.39 is 37.1 Å². The van der Waals surface area contributed by atoms with Crippen LogP contribution in [0.4, 0.5) is 19.3 Å². The first-order valence-corrected chi connectivity index (χ1v) is 10.3. The van der Waals surface area contributed by atoms with Crippen molar-refractivity contribution >= 4 is 23.3 Å². The van der Waals surface area contributed by atoms with Crippen LogP contribution >= 0.6 is 11.6 Å². The molecule has 5 nitrogen and oxygen atoms in total. The minimum Gasteiger partial charge on any atom is -0.481 e. The number of alkyl halides is 2. The normalized spacial score (nSPS) is 21.7. The number of aliphatic hydroxyl groups is 1. The Hall–Kier alpha value is -2.38. The Labute approximate surface area is 178 Å². The number of aryl methyl sites for hydroxylation is 1. The van der Waals surface area contributed by atoms with E-state index in [1.165, 1.54) is 6.07 Å². The molecule has 2 aromatic rings. The van der Waals surface area contributed by atoms with Crippen LogP contribution < -0.4 is 15.4 Å².